The zero-order valence-electron chi connectivity index (χ0n) is 14.2. The van der Waals surface area contributed by atoms with Crippen LogP contribution in [0.15, 0.2) is 52.3 Å². The molecule has 5 nitrogen and oxygen atoms in total. The largest absolute Gasteiger partial charge is 0.417 e. The highest BCUT2D eigenvalue weighted by Gasteiger charge is 2.34. The second-order valence-corrected chi connectivity index (χ2v) is 6.65. The van der Waals surface area contributed by atoms with Crippen LogP contribution in [0.5, 0.6) is 0 Å². The molecular weight excluding hydrogens is 463 g/mol. The van der Waals surface area contributed by atoms with Gasteiger partial charge >= 0.3 is 23.7 Å². The van der Waals surface area contributed by atoms with E-state index in [1.54, 1.807) is 0 Å². The molecule has 0 unspecified atom stereocenters. The topological polar surface area (TPSA) is 56.9 Å². The minimum absolute atomic E-state index is 0.155. The summed E-state index contributed by atoms with van der Waals surface area (Å²) in [4.78, 5) is 28.2. The molecule has 0 N–H and O–H groups in total. The summed E-state index contributed by atoms with van der Waals surface area (Å²) < 4.78 is 78.2. The first kappa shape index (κ1) is 21.9. The minimum Gasteiger partial charge on any atom is -0.252 e. The Bertz CT molecular complexity index is 1250. The predicted molar refractivity (Wildman–Crippen MR) is 95.5 cm³/mol. The van der Waals surface area contributed by atoms with E-state index < -0.39 is 44.9 Å². The van der Waals surface area contributed by atoms with Crippen molar-refractivity contribution in [3.05, 3.63) is 84.9 Å². The van der Waals surface area contributed by atoms with Crippen LogP contribution in [-0.4, -0.2) is 14.1 Å². The van der Waals surface area contributed by atoms with E-state index >= 15 is 0 Å². The zero-order valence-corrected chi connectivity index (χ0v) is 15.7. The van der Waals surface area contributed by atoms with Gasteiger partial charge in [-0.2, -0.15) is 31.3 Å². The standard InChI is InChI=1S/C17H7Cl2F6N3O2/c18-12-5-8(1-3-10(12)16(20,21)22)27-7-26-14(29)28(15(27)30)9-2-4-11(13(19)6-9)17(23,24)25/h1-7H. The van der Waals surface area contributed by atoms with Crippen LogP contribution in [0.3, 0.4) is 0 Å². The van der Waals surface area contributed by atoms with Crippen molar-refractivity contribution in [3.63, 3.8) is 0 Å². The molecule has 13 heteroatoms. The van der Waals surface area contributed by atoms with Gasteiger partial charge in [-0.05, 0) is 36.4 Å². The van der Waals surface area contributed by atoms with Crippen molar-refractivity contribution in [2.45, 2.75) is 12.4 Å². The Morgan fingerprint density at radius 2 is 1.23 bits per heavy atom. The van der Waals surface area contributed by atoms with Gasteiger partial charge in [-0.25, -0.2) is 14.2 Å². The van der Waals surface area contributed by atoms with Gasteiger partial charge in [0.1, 0.15) is 6.33 Å². The third-order valence-electron chi connectivity index (χ3n) is 3.92. The number of hydrogen-bond donors (Lipinski definition) is 0. The first-order chi connectivity index (χ1) is 13.8. The quantitative estimate of drug-likeness (QED) is 0.510. The molecule has 0 atom stereocenters. The van der Waals surface area contributed by atoms with Crippen molar-refractivity contribution in [2.24, 2.45) is 0 Å². The third kappa shape index (κ3) is 4.08. The average molecular weight is 470 g/mol. The minimum atomic E-state index is -4.76. The van der Waals surface area contributed by atoms with E-state index in [4.69, 9.17) is 23.2 Å². The molecule has 0 spiro atoms. The van der Waals surface area contributed by atoms with Crippen LogP contribution in [-0.2, 0) is 12.4 Å². The Morgan fingerprint density at radius 3 is 1.70 bits per heavy atom. The molecule has 0 radical (unpaired) electrons. The molecule has 0 amide bonds. The van der Waals surface area contributed by atoms with Gasteiger partial charge < -0.3 is 0 Å². The summed E-state index contributed by atoms with van der Waals surface area (Å²) in [5.74, 6) is 0. The van der Waals surface area contributed by atoms with Crippen molar-refractivity contribution < 1.29 is 26.3 Å². The third-order valence-corrected chi connectivity index (χ3v) is 4.55. The lowest BCUT2D eigenvalue weighted by Gasteiger charge is -2.13. The maximum atomic E-state index is 12.9. The van der Waals surface area contributed by atoms with Crippen molar-refractivity contribution in [1.29, 1.82) is 0 Å². The second-order valence-electron chi connectivity index (χ2n) is 5.84. The molecule has 3 rings (SSSR count). The summed E-state index contributed by atoms with van der Waals surface area (Å²) in [7, 11) is 0. The van der Waals surface area contributed by atoms with Gasteiger partial charge in [-0.3, -0.25) is 4.57 Å². The number of nitrogens with zero attached hydrogens (tertiary/aromatic N) is 3. The number of rotatable bonds is 2. The summed E-state index contributed by atoms with van der Waals surface area (Å²) in [5, 5.41) is -1.47. The van der Waals surface area contributed by atoms with Crippen molar-refractivity contribution in [2.75, 3.05) is 0 Å². The van der Waals surface area contributed by atoms with Crippen molar-refractivity contribution in [3.8, 4) is 11.4 Å². The van der Waals surface area contributed by atoms with Gasteiger partial charge in [0.25, 0.3) is 0 Å². The molecule has 0 aliphatic heterocycles. The molecule has 0 aliphatic carbocycles. The number of aromatic nitrogens is 3. The average Bonchev–Trinajstić information content (AvgIpc) is 2.59. The number of benzene rings is 2. The molecule has 3 aromatic rings. The number of hydrogen-bond acceptors (Lipinski definition) is 3. The molecule has 1 aromatic heterocycles. The highest BCUT2D eigenvalue weighted by Crippen LogP contribution is 2.36. The Kier molecular flexibility index (Phi) is 5.46. The highest BCUT2D eigenvalue weighted by atomic mass is 35.5. The van der Waals surface area contributed by atoms with Crippen LogP contribution in [0, 0.1) is 0 Å². The smallest absolute Gasteiger partial charge is 0.252 e. The molecule has 0 aliphatic rings. The number of halogens is 8. The van der Waals surface area contributed by atoms with Gasteiger partial charge in [-0.15, -0.1) is 0 Å². The fraction of sp³-hybridized carbons (Fsp3) is 0.118. The van der Waals surface area contributed by atoms with Crippen LogP contribution in [0.2, 0.25) is 10.0 Å². The second kappa shape index (κ2) is 7.47. The fourth-order valence-electron chi connectivity index (χ4n) is 2.56. The summed E-state index contributed by atoms with van der Waals surface area (Å²) in [6, 6.07) is 4.56. The summed E-state index contributed by atoms with van der Waals surface area (Å²) >= 11 is 11.3. The molecule has 0 bridgehead atoms. The normalized spacial score (nSPS) is 12.3. The molecule has 2 aromatic carbocycles. The van der Waals surface area contributed by atoms with Crippen molar-refractivity contribution >= 4 is 23.2 Å². The molecule has 30 heavy (non-hydrogen) atoms. The fourth-order valence-corrected chi connectivity index (χ4v) is 3.12. The van der Waals surface area contributed by atoms with E-state index in [1.165, 1.54) is 0 Å². The van der Waals surface area contributed by atoms with Crippen LogP contribution >= 0.6 is 23.2 Å². The SMILES string of the molecule is O=c1ncn(-c2ccc(C(F)(F)F)c(Cl)c2)c(=O)n1-c1ccc(C(F)(F)F)c(Cl)c1. The summed E-state index contributed by atoms with van der Waals surface area (Å²) in [6.45, 7) is 0. The highest BCUT2D eigenvalue weighted by molar-refractivity contribution is 6.32. The molecular formula is C17H7Cl2F6N3O2. The molecule has 0 saturated heterocycles. The lowest BCUT2D eigenvalue weighted by molar-refractivity contribution is -0.138. The van der Waals surface area contributed by atoms with E-state index in [-0.39, 0.29) is 11.4 Å². The van der Waals surface area contributed by atoms with E-state index in [9.17, 15) is 35.9 Å². The Balaban J connectivity index is 2.17. The van der Waals surface area contributed by atoms with Crippen LogP contribution in [0.1, 0.15) is 11.1 Å². The predicted octanol–water partition coefficient (Wildman–Crippen LogP) is 4.73. The monoisotopic (exact) mass is 469 g/mol. The van der Waals surface area contributed by atoms with Crippen LogP contribution in [0.4, 0.5) is 26.3 Å². The van der Waals surface area contributed by atoms with E-state index in [0.29, 0.717) is 21.3 Å². The zero-order chi connectivity index (χ0) is 22.4. The molecule has 1 heterocycles. The van der Waals surface area contributed by atoms with E-state index in [1.807, 2.05) is 0 Å². The van der Waals surface area contributed by atoms with Gasteiger partial charge in [-0.1, -0.05) is 23.2 Å². The summed E-state index contributed by atoms with van der Waals surface area (Å²) in [6.07, 6.45) is -8.73. The lowest BCUT2D eigenvalue weighted by atomic mass is 10.2. The molecule has 158 valence electrons. The van der Waals surface area contributed by atoms with Gasteiger partial charge in [0.2, 0.25) is 0 Å². The summed E-state index contributed by atoms with van der Waals surface area (Å²) in [5.41, 5.74) is -5.04. The Hall–Kier alpha value is -2.79. The maximum Gasteiger partial charge on any atom is 0.417 e. The molecule has 0 fully saturated rings. The van der Waals surface area contributed by atoms with E-state index in [0.717, 1.165) is 30.6 Å². The first-order valence-electron chi connectivity index (χ1n) is 7.75. The van der Waals surface area contributed by atoms with Crippen LogP contribution in [0.25, 0.3) is 11.4 Å². The Morgan fingerprint density at radius 1 is 0.767 bits per heavy atom. The van der Waals surface area contributed by atoms with Gasteiger partial charge in [0.15, 0.2) is 0 Å². The van der Waals surface area contributed by atoms with Crippen LogP contribution < -0.4 is 11.4 Å². The Labute approximate surface area is 172 Å². The molecule has 0 saturated carbocycles. The first-order valence-corrected chi connectivity index (χ1v) is 8.51. The van der Waals surface area contributed by atoms with Gasteiger partial charge in [0.05, 0.1) is 32.5 Å². The lowest BCUT2D eigenvalue weighted by Crippen LogP contribution is -2.39. The van der Waals surface area contributed by atoms with Crippen molar-refractivity contribution in [1.82, 2.24) is 14.1 Å². The van der Waals surface area contributed by atoms with E-state index in [2.05, 4.69) is 4.98 Å². The number of alkyl halides is 6. The van der Waals surface area contributed by atoms with Gasteiger partial charge in [0, 0.05) is 0 Å². The maximum absolute atomic E-state index is 12.9.